The minimum Gasteiger partial charge on any atom is -0.444 e. The number of amides is 2. The maximum absolute atomic E-state index is 13.5. The molecule has 1 aromatic carbocycles. The van der Waals surface area contributed by atoms with Crippen LogP contribution < -0.4 is 5.32 Å². The number of hydrogen-bond donors (Lipinski definition) is 1. The fourth-order valence-electron chi connectivity index (χ4n) is 3.93. The number of carbonyl (C=O) groups is 2. The third kappa shape index (κ3) is 4.17. The van der Waals surface area contributed by atoms with Crippen LogP contribution in [0.4, 0.5) is 14.0 Å². The number of ether oxygens (including phenoxy) is 2. The van der Waals surface area contributed by atoms with Gasteiger partial charge in [-0.2, -0.15) is 0 Å². The van der Waals surface area contributed by atoms with E-state index in [1.165, 1.54) is 12.1 Å². The van der Waals surface area contributed by atoms with Crippen LogP contribution in [0.5, 0.6) is 0 Å². The average Bonchev–Trinajstić information content (AvgIpc) is 2.55. The van der Waals surface area contributed by atoms with Gasteiger partial charge in [-0.3, -0.25) is 0 Å². The van der Waals surface area contributed by atoms with Crippen LogP contribution in [-0.4, -0.2) is 47.9 Å². The molecule has 1 spiro atoms. The molecule has 7 heteroatoms. The van der Waals surface area contributed by atoms with Crippen molar-refractivity contribution in [3.8, 4) is 0 Å². The van der Waals surface area contributed by atoms with E-state index in [0.29, 0.717) is 32.5 Å². The van der Waals surface area contributed by atoms with Crippen molar-refractivity contribution in [3.05, 3.63) is 35.1 Å². The molecule has 6 nitrogen and oxygen atoms in total. The van der Waals surface area contributed by atoms with Gasteiger partial charge >= 0.3 is 12.2 Å². The monoisotopic (exact) mass is 378 g/mol. The Morgan fingerprint density at radius 2 is 2.00 bits per heavy atom. The summed E-state index contributed by atoms with van der Waals surface area (Å²) >= 11 is 0. The van der Waals surface area contributed by atoms with Crippen LogP contribution in [0.15, 0.2) is 18.2 Å². The molecule has 1 aromatic rings. The number of nitrogens with one attached hydrogen (secondary N) is 1. The molecular weight excluding hydrogens is 351 g/mol. The molecule has 0 saturated carbocycles. The van der Waals surface area contributed by atoms with Crippen molar-refractivity contribution in [2.75, 3.05) is 19.6 Å². The standard InChI is InChI=1S/C20H27FN2O4/c1-13-11-14(21)5-6-15(13)16-12-22-17(24)26-20(16)7-9-23(10-8-20)18(25)27-19(2,3)4/h5-6,11,16H,7-10,12H2,1-4H3,(H,22,24)/t16-/m0/s1. The number of carbonyl (C=O) groups excluding carboxylic acids is 2. The molecule has 1 N–H and O–H groups in total. The summed E-state index contributed by atoms with van der Waals surface area (Å²) in [5, 5.41) is 2.75. The van der Waals surface area contributed by atoms with Crippen LogP contribution in [0.2, 0.25) is 0 Å². The van der Waals surface area contributed by atoms with E-state index in [2.05, 4.69) is 5.32 Å². The molecule has 0 aromatic heterocycles. The third-order valence-electron chi connectivity index (χ3n) is 5.25. The molecule has 0 unspecified atom stereocenters. The molecule has 0 bridgehead atoms. The number of nitrogens with zero attached hydrogens (tertiary/aromatic N) is 1. The zero-order valence-corrected chi connectivity index (χ0v) is 16.3. The molecular formula is C20H27FN2O4. The molecule has 2 heterocycles. The first-order valence-electron chi connectivity index (χ1n) is 9.30. The van der Waals surface area contributed by atoms with Gasteiger partial charge in [0.25, 0.3) is 0 Å². The van der Waals surface area contributed by atoms with E-state index in [0.717, 1.165) is 11.1 Å². The summed E-state index contributed by atoms with van der Waals surface area (Å²) in [6.45, 7) is 8.67. The first-order valence-corrected chi connectivity index (χ1v) is 9.30. The quantitative estimate of drug-likeness (QED) is 0.809. The highest BCUT2D eigenvalue weighted by molar-refractivity contribution is 5.70. The van der Waals surface area contributed by atoms with Crippen molar-refractivity contribution >= 4 is 12.2 Å². The van der Waals surface area contributed by atoms with Gasteiger partial charge in [-0.05, 0) is 51.0 Å². The van der Waals surface area contributed by atoms with E-state index in [9.17, 15) is 14.0 Å². The van der Waals surface area contributed by atoms with Crippen molar-refractivity contribution in [1.82, 2.24) is 10.2 Å². The summed E-state index contributed by atoms with van der Waals surface area (Å²) in [6, 6.07) is 4.69. The van der Waals surface area contributed by atoms with E-state index in [1.54, 1.807) is 11.0 Å². The number of piperidine rings is 1. The average molecular weight is 378 g/mol. The van der Waals surface area contributed by atoms with Gasteiger partial charge in [-0.1, -0.05) is 6.07 Å². The van der Waals surface area contributed by atoms with Gasteiger partial charge < -0.3 is 19.7 Å². The highest BCUT2D eigenvalue weighted by Crippen LogP contribution is 2.43. The first-order chi connectivity index (χ1) is 12.6. The number of halogens is 1. The zero-order valence-electron chi connectivity index (χ0n) is 16.3. The second-order valence-electron chi connectivity index (χ2n) is 8.36. The lowest BCUT2D eigenvalue weighted by Gasteiger charge is -2.48. The Hall–Kier alpha value is -2.31. The number of benzene rings is 1. The molecule has 2 aliphatic rings. The van der Waals surface area contributed by atoms with Crippen molar-refractivity contribution in [2.24, 2.45) is 0 Å². The van der Waals surface area contributed by atoms with Gasteiger partial charge in [0.1, 0.15) is 17.0 Å². The lowest BCUT2D eigenvalue weighted by atomic mass is 9.73. The minimum atomic E-state index is -0.705. The number of rotatable bonds is 1. The van der Waals surface area contributed by atoms with Gasteiger partial charge in [-0.25, -0.2) is 14.0 Å². The van der Waals surface area contributed by atoms with Crippen LogP contribution in [-0.2, 0) is 9.47 Å². The lowest BCUT2D eigenvalue weighted by Crippen LogP contribution is -2.58. The van der Waals surface area contributed by atoms with E-state index < -0.39 is 17.3 Å². The van der Waals surface area contributed by atoms with Crippen molar-refractivity contribution in [3.63, 3.8) is 0 Å². The Morgan fingerprint density at radius 1 is 1.33 bits per heavy atom. The summed E-state index contributed by atoms with van der Waals surface area (Å²) in [4.78, 5) is 25.9. The molecule has 1 atom stereocenters. The molecule has 148 valence electrons. The van der Waals surface area contributed by atoms with Crippen molar-refractivity contribution in [2.45, 2.75) is 57.7 Å². The van der Waals surface area contributed by atoms with E-state index in [-0.39, 0.29) is 17.8 Å². The molecule has 2 saturated heterocycles. The summed E-state index contributed by atoms with van der Waals surface area (Å²) in [6.07, 6.45) is 0.228. The highest BCUT2D eigenvalue weighted by atomic mass is 19.1. The number of aryl methyl sites for hydroxylation is 1. The predicted molar refractivity (Wildman–Crippen MR) is 98.1 cm³/mol. The summed E-state index contributed by atoms with van der Waals surface area (Å²) in [5.74, 6) is -0.387. The second-order valence-corrected chi connectivity index (χ2v) is 8.36. The van der Waals surface area contributed by atoms with Crippen LogP contribution in [0.3, 0.4) is 0 Å². The molecule has 2 fully saturated rings. The summed E-state index contributed by atoms with van der Waals surface area (Å²) < 4.78 is 24.7. The van der Waals surface area contributed by atoms with Crippen LogP contribution >= 0.6 is 0 Å². The van der Waals surface area contributed by atoms with Crippen molar-refractivity contribution in [1.29, 1.82) is 0 Å². The van der Waals surface area contributed by atoms with Crippen molar-refractivity contribution < 1.29 is 23.5 Å². The van der Waals surface area contributed by atoms with Gasteiger partial charge in [0.05, 0.1) is 0 Å². The van der Waals surface area contributed by atoms with Gasteiger partial charge in [0.15, 0.2) is 0 Å². The predicted octanol–water partition coefficient (Wildman–Crippen LogP) is 3.73. The third-order valence-corrected chi connectivity index (χ3v) is 5.25. The van der Waals surface area contributed by atoms with Gasteiger partial charge in [0.2, 0.25) is 0 Å². The molecule has 0 aliphatic carbocycles. The number of alkyl carbamates (subject to hydrolysis) is 1. The smallest absolute Gasteiger partial charge is 0.410 e. The van der Waals surface area contributed by atoms with Crippen LogP contribution in [0.1, 0.15) is 50.7 Å². The molecule has 3 rings (SSSR count). The maximum Gasteiger partial charge on any atom is 0.410 e. The van der Waals surface area contributed by atoms with Gasteiger partial charge in [-0.15, -0.1) is 0 Å². The minimum absolute atomic E-state index is 0.100. The second kappa shape index (κ2) is 7.02. The maximum atomic E-state index is 13.5. The fraction of sp³-hybridized carbons (Fsp3) is 0.600. The normalized spacial score (nSPS) is 22.2. The van der Waals surface area contributed by atoms with Crippen LogP contribution in [0.25, 0.3) is 0 Å². The highest BCUT2D eigenvalue weighted by Gasteiger charge is 2.49. The fourth-order valence-corrected chi connectivity index (χ4v) is 3.93. The SMILES string of the molecule is Cc1cc(F)ccc1[C@@H]1CNC(=O)OC12CCN(C(=O)OC(C)(C)C)CC2. The Labute approximate surface area is 159 Å². The zero-order chi connectivity index (χ0) is 19.8. The van der Waals surface area contributed by atoms with E-state index >= 15 is 0 Å². The molecule has 2 aliphatic heterocycles. The Bertz CT molecular complexity index is 736. The molecule has 0 radical (unpaired) electrons. The van der Waals surface area contributed by atoms with Gasteiger partial charge in [0, 0.05) is 38.4 Å². The summed E-state index contributed by atoms with van der Waals surface area (Å²) in [5.41, 5.74) is 0.529. The number of hydrogen-bond acceptors (Lipinski definition) is 4. The van der Waals surface area contributed by atoms with Crippen LogP contribution in [0, 0.1) is 12.7 Å². The van der Waals surface area contributed by atoms with E-state index in [1.807, 2.05) is 27.7 Å². The number of likely N-dealkylation sites (tertiary alicyclic amines) is 1. The molecule has 2 amide bonds. The largest absolute Gasteiger partial charge is 0.444 e. The Kier molecular flexibility index (Phi) is 5.06. The Balaban J connectivity index is 1.80. The summed E-state index contributed by atoms with van der Waals surface area (Å²) in [7, 11) is 0. The van der Waals surface area contributed by atoms with E-state index in [4.69, 9.17) is 9.47 Å². The Morgan fingerprint density at radius 3 is 2.59 bits per heavy atom. The first kappa shape index (κ1) is 19.5. The lowest BCUT2D eigenvalue weighted by molar-refractivity contribution is -0.0707. The molecule has 27 heavy (non-hydrogen) atoms. The topological polar surface area (TPSA) is 67.9 Å².